The summed E-state index contributed by atoms with van der Waals surface area (Å²) in [5.74, 6) is 0.506. The molecule has 82 valence electrons. The predicted molar refractivity (Wildman–Crippen MR) is 60.6 cm³/mol. The van der Waals surface area contributed by atoms with Crippen molar-refractivity contribution >= 4 is 16.8 Å². The highest BCUT2D eigenvalue weighted by Crippen LogP contribution is 1.92. The van der Waals surface area contributed by atoms with Gasteiger partial charge in [-0.2, -0.15) is 0 Å². The number of ether oxygens (including phenoxy) is 1. The van der Waals surface area contributed by atoms with E-state index in [1.54, 1.807) is 13.2 Å². The minimum absolute atomic E-state index is 0.425. The van der Waals surface area contributed by atoms with E-state index < -0.39 is 0 Å². The van der Waals surface area contributed by atoms with Gasteiger partial charge < -0.3 is 15.8 Å². The fraction of sp³-hybridized carbons (Fsp3) is 0.667. The molecule has 0 bridgehead atoms. The lowest BCUT2D eigenvalue weighted by Gasteiger charge is -2.04. The van der Waals surface area contributed by atoms with Crippen LogP contribution in [0.3, 0.4) is 0 Å². The lowest BCUT2D eigenvalue weighted by Crippen LogP contribution is -2.24. The summed E-state index contributed by atoms with van der Waals surface area (Å²) < 4.78 is 4.85. The van der Waals surface area contributed by atoms with Crippen molar-refractivity contribution in [3.05, 3.63) is 11.9 Å². The van der Waals surface area contributed by atoms with Crippen molar-refractivity contribution in [2.75, 3.05) is 26.8 Å². The van der Waals surface area contributed by atoms with E-state index in [1.165, 1.54) is 0 Å². The number of halogens is 1. The van der Waals surface area contributed by atoms with Gasteiger partial charge >= 0.3 is 0 Å². The summed E-state index contributed by atoms with van der Waals surface area (Å²) in [7, 11) is 1.64. The maximum Gasteiger partial charge on any atom is 0.127 e. The van der Waals surface area contributed by atoms with Crippen LogP contribution in [0.15, 0.2) is 16.9 Å². The van der Waals surface area contributed by atoms with Crippen LogP contribution in [0.4, 0.5) is 0 Å². The van der Waals surface area contributed by atoms with Crippen LogP contribution in [0.2, 0.25) is 0 Å². The van der Waals surface area contributed by atoms with Crippen LogP contribution < -0.4 is 11.1 Å². The standard InChI is InChI=1S/C9H18ClN3O/c1-3-4-12-8(10)7-9(11)13-5-6-14-2/h7,13H,3-6,11H2,1-2H3/b9-7+,12-8+. The van der Waals surface area contributed by atoms with Gasteiger partial charge in [0.05, 0.1) is 12.4 Å². The van der Waals surface area contributed by atoms with Gasteiger partial charge in [-0.15, -0.1) is 0 Å². The molecule has 4 nitrogen and oxygen atoms in total. The smallest absolute Gasteiger partial charge is 0.127 e. The number of nitrogens with two attached hydrogens (primary N) is 1. The summed E-state index contributed by atoms with van der Waals surface area (Å²) in [4.78, 5) is 4.07. The van der Waals surface area contributed by atoms with E-state index in [0.29, 0.717) is 24.1 Å². The topological polar surface area (TPSA) is 59.6 Å². The number of allylic oxidation sites excluding steroid dienone is 1. The molecule has 0 aromatic carbocycles. The molecule has 0 spiro atoms. The summed E-state index contributed by atoms with van der Waals surface area (Å²) >= 11 is 5.79. The van der Waals surface area contributed by atoms with E-state index in [2.05, 4.69) is 10.3 Å². The van der Waals surface area contributed by atoms with Gasteiger partial charge in [0.2, 0.25) is 0 Å². The van der Waals surface area contributed by atoms with Crippen LogP contribution in [-0.4, -0.2) is 32.0 Å². The Labute approximate surface area is 90.2 Å². The average molecular weight is 220 g/mol. The zero-order valence-electron chi connectivity index (χ0n) is 8.72. The van der Waals surface area contributed by atoms with Gasteiger partial charge in [-0.05, 0) is 6.42 Å². The minimum Gasteiger partial charge on any atom is -0.385 e. The number of aliphatic imine (C=N–C) groups is 1. The van der Waals surface area contributed by atoms with Crippen molar-refractivity contribution in [1.82, 2.24) is 5.32 Å². The Kier molecular flexibility index (Phi) is 8.37. The number of methoxy groups -OCH3 is 1. The molecule has 0 amide bonds. The highest BCUT2D eigenvalue weighted by atomic mass is 35.5. The zero-order valence-corrected chi connectivity index (χ0v) is 9.47. The number of nitrogens with one attached hydrogen (secondary N) is 1. The van der Waals surface area contributed by atoms with Crippen molar-refractivity contribution in [1.29, 1.82) is 0 Å². The Balaban J connectivity index is 3.83. The molecule has 14 heavy (non-hydrogen) atoms. The van der Waals surface area contributed by atoms with Crippen molar-refractivity contribution in [2.45, 2.75) is 13.3 Å². The Bertz CT molecular complexity index is 204. The Morgan fingerprint density at radius 3 is 2.93 bits per heavy atom. The molecule has 0 saturated carbocycles. The van der Waals surface area contributed by atoms with Gasteiger partial charge in [0, 0.05) is 26.3 Å². The van der Waals surface area contributed by atoms with E-state index in [0.717, 1.165) is 13.0 Å². The summed E-state index contributed by atoms with van der Waals surface area (Å²) in [6.07, 6.45) is 2.58. The fourth-order valence-electron chi connectivity index (χ4n) is 0.741. The summed E-state index contributed by atoms with van der Waals surface area (Å²) in [5.41, 5.74) is 5.62. The molecule has 0 aliphatic heterocycles. The summed E-state index contributed by atoms with van der Waals surface area (Å²) in [6.45, 7) is 4.04. The largest absolute Gasteiger partial charge is 0.385 e. The molecule has 0 aliphatic carbocycles. The summed E-state index contributed by atoms with van der Waals surface area (Å²) in [6, 6.07) is 0. The molecule has 5 heteroatoms. The summed E-state index contributed by atoms with van der Waals surface area (Å²) in [5, 5.41) is 3.36. The Hall–Kier alpha value is -0.740. The molecule has 0 fully saturated rings. The first kappa shape index (κ1) is 13.3. The third-order valence-electron chi connectivity index (χ3n) is 1.40. The molecule has 0 heterocycles. The number of hydrogen-bond acceptors (Lipinski definition) is 4. The monoisotopic (exact) mass is 219 g/mol. The second-order valence-electron chi connectivity index (χ2n) is 2.72. The molecule has 0 saturated heterocycles. The molecule has 0 radical (unpaired) electrons. The van der Waals surface area contributed by atoms with Gasteiger partial charge in [-0.25, -0.2) is 0 Å². The first-order valence-corrected chi connectivity index (χ1v) is 4.98. The van der Waals surface area contributed by atoms with Crippen LogP contribution in [0, 0.1) is 0 Å². The van der Waals surface area contributed by atoms with Crippen LogP contribution in [0.25, 0.3) is 0 Å². The maximum absolute atomic E-state index is 5.79. The van der Waals surface area contributed by atoms with Crippen LogP contribution in [0.1, 0.15) is 13.3 Å². The highest BCUT2D eigenvalue weighted by Gasteiger charge is 1.92. The zero-order chi connectivity index (χ0) is 10.8. The number of hydrogen-bond donors (Lipinski definition) is 2. The molecule has 0 aromatic heterocycles. The molecule has 0 aromatic rings. The first-order chi connectivity index (χ1) is 6.70. The predicted octanol–water partition coefficient (Wildman–Crippen LogP) is 1.07. The second kappa shape index (κ2) is 8.84. The van der Waals surface area contributed by atoms with E-state index in [9.17, 15) is 0 Å². The minimum atomic E-state index is 0.425. The Morgan fingerprint density at radius 2 is 2.36 bits per heavy atom. The highest BCUT2D eigenvalue weighted by molar-refractivity contribution is 6.68. The van der Waals surface area contributed by atoms with Gasteiger partial charge in [-0.3, -0.25) is 4.99 Å². The van der Waals surface area contributed by atoms with E-state index in [1.807, 2.05) is 6.92 Å². The molecule has 0 aliphatic rings. The van der Waals surface area contributed by atoms with Gasteiger partial charge in [0.15, 0.2) is 0 Å². The van der Waals surface area contributed by atoms with E-state index in [4.69, 9.17) is 22.1 Å². The molecular weight excluding hydrogens is 202 g/mol. The lowest BCUT2D eigenvalue weighted by atomic mass is 10.5. The van der Waals surface area contributed by atoms with Crippen molar-refractivity contribution < 1.29 is 4.74 Å². The molecule has 0 rings (SSSR count). The number of rotatable bonds is 7. The van der Waals surface area contributed by atoms with Gasteiger partial charge in [-0.1, -0.05) is 18.5 Å². The normalized spacial score (nSPS) is 13.1. The van der Waals surface area contributed by atoms with E-state index in [-0.39, 0.29) is 0 Å². The third-order valence-corrected chi connectivity index (χ3v) is 1.63. The molecule has 3 N–H and O–H groups in total. The van der Waals surface area contributed by atoms with Gasteiger partial charge in [0.1, 0.15) is 5.17 Å². The maximum atomic E-state index is 5.79. The van der Waals surface area contributed by atoms with Crippen molar-refractivity contribution in [2.24, 2.45) is 10.7 Å². The van der Waals surface area contributed by atoms with Crippen LogP contribution in [0.5, 0.6) is 0 Å². The second-order valence-corrected chi connectivity index (χ2v) is 3.11. The number of nitrogens with zero attached hydrogens (tertiary/aromatic N) is 1. The molecular formula is C9H18ClN3O. The third kappa shape index (κ3) is 7.89. The Morgan fingerprint density at radius 1 is 1.64 bits per heavy atom. The fourth-order valence-corrected chi connectivity index (χ4v) is 0.943. The first-order valence-electron chi connectivity index (χ1n) is 4.60. The van der Waals surface area contributed by atoms with Crippen LogP contribution >= 0.6 is 11.6 Å². The molecule has 0 atom stereocenters. The van der Waals surface area contributed by atoms with Crippen molar-refractivity contribution in [3.8, 4) is 0 Å². The lowest BCUT2D eigenvalue weighted by molar-refractivity contribution is 0.202. The van der Waals surface area contributed by atoms with Gasteiger partial charge in [0.25, 0.3) is 0 Å². The molecule has 0 unspecified atom stereocenters. The van der Waals surface area contributed by atoms with E-state index >= 15 is 0 Å². The van der Waals surface area contributed by atoms with Crippen LogP contribution in [-0.2, 0) is 4.74 Å². The average Bonchev–Trinajstić information content (AvgIpc) is 2.15. The SMILES string of the molecule is CCC/N=C(Cl)\C=C(/N)NCCOC. The quantitative estimate of drug-likeness (QED) is 0.498. The van der Waals surface area contributed by atoms with Crippen molar-refractivity contribution in [3.63, 3.8) is 0 Å².